The Morgan fingerprint density at radius 3 is 2.94 bits per heavy atom. The Bertz CT molecular complexity index is 286. The van der Waals surface area contributed by atoms with E-state index in [0.29, 0.717) is 0 Å². The first-order valence-electron chi connectivity index (χ1n) is 6.10. The number of unbranched alkanes of at least 4 members (excludes halogenated alkanes) is 1. The molecular weight excluding hydrogens is 202 g/mol. The molecule has 0 aromatic carbocycles. The smallest absolute Gasteiger partial charge is 0.151 e. The lowest BCUT2D eigenvalue weighted by molar-refractivity contribution is 0.268. The zero-order valence-electron chi connectivity index (χ0n) is 10.6. The van der Waals surface area contributed by atoms with Gasteiger partial charge in [-0.1, -0.05) is 25.4 Å². The van der Waals surface area contributed by atoms with E-state index in [0.717, 1.165) is 37.6 Å². The molecule has 0 spiro atoms. The van der Waals surface area contributed by atoms with E-state index in [4.69, 9.17) is 4.52 Å². The standard InChI is InChI=1S/C12H23N3O/c1-4-6-7-15(3)10-12-8-11(14-16-12)9-13-5-2/h8,13H,4-7,9-10H2,1-3H3. The molecule has 0 unspecified atom stereocenters. The van der Waals surface area contributed by atoms with Crippen molar-refractivity contribution in [1.29, 1.82) is 0 Å². The molecule has 0 amide bonds. The molecule has 0 saturated heterocycles. The van der Waals surface area contributed by atoms with Crippen LogP contribution in [-0.2, 0) is 13.1 Å². The molecule has 0 fully saturated rings. The average Bonchev–Trinajstić information content (AvgIpc) is 2.71. The summed E-state index contributed by atoms with van der Waals surface area (Å²) in [5.74, 6) is 0.950. The van der Waals surface area contributed by atoms with E-state index in [-0.39, 0.29) is 0 Å². The summed E-state index contributed by atoms with van der Waals surface area (Å²) in [6.07, 6.45) is 2.46. The third-order valence-electron chi connectivity index (χ3n) is 2.48. The molecule has 1 rings (SSSR count). The zero-order valence-corrected chi connectivity index (χ0v) is 10.6. The van der Waals surface area contributed by atoms with Crippen LogP contribution in [-0.4, -0.2) is 30.2 Å². The quantitative estimate of drug-likeness (QED) is 0.735. The molecule has 92 valence electrons. The zero-order chi connectivity index (χ0) is 11.8. The second kappa shape index (κ2) is 7.41. The largest absolute Gasteiger partial charge is 0.360 e. The van der Waals surface area contributed by atoms with Crippen molar-refractivity contribution in [2.75, 3.05) is 20.1 Å². The summed E-state index contributed by atoms with van der Waals surface area (Å²) in [4.78, 5) is 2.26. The first-order chi connectivity index (χ1) is 7.76. The van der Waals surface area contributed by atoms with E-state index in [2.05, 4.69) is 36.3 Å². The van der Waals surface area contributed by atoms with Crippen LogP contribution >= 0.6 is 0 Å². The molecule has 16 heavy (non-hydrogen) atoms. The Morgan fingerprint density at radius 1 is 1.44 bits per heavy atom. The molecule has 4 heteroatoms. The maximum absolute atomic E-state index is 5.28. The van der Waals surface area contributed by atoms with Crippen molar-refractivity contribution in [1.82, 2.24) is 15.4 Å². The first kappa shape index (κ1) is 13.2. The highest BCUT2D eigenvalue weighted by atomic mass is 16.5. The highest BCUT2D eigenvalue weighted by Gasteiger charge is 2.06. The minimum absolute atomic E-state index is 0.790. The van der Waals surface area contributed by atoms with Gasteiger partial charge in [0.05, 0.1) is 12.2 Å². The van der Waals surface area contributed by atoms with Gasteiger partial charge in [0.15, 0.2) is 5.76 Å². The Kier molecular flexibility index (Phi) is 6.11. The van der Waals surface area contributed by atoms with E-state index < -0.39 is 0 Å². The molecule has 1 aromatic rings. The Balaban J connectivity index is 2.33. The lowest BCUT2D eigenvalue weighted by atomic mass is 10.3. The van der Waals surface area contributed by atoms with Crippen LogP contribution in [0.2, 0.25) is 0 Å². The molecule has 4 nitrogen and oxygen atoms in total. The van der Waals surface area contributed by atoms with Gasteiger partial charge in [0, 0.05) is 12.6 Å². The van der Waals surface area contributed by atoms with E-state index in [9.17, 15) is 0 Å². The van der Waals surface area contributed by atoms with Gasteiger partial charge in [-0.05, 0) is 26.6 Å². The fourth-order valence-corrected chi connectivity index (χ4v) is 1.54. The minimum Gasteiger partial charge on any atom is -0.360 e. The van der Waals surface area contributed by atoms with Crippen molar-refractivity contribution in [3.05, 3.63) is 17.5 Å². The molecule has 0 atom stereocenters. The van der Waals surface area contributed by atoms with Gasteiger partial charge in [0.2, 0.25) is 0 Å². The molecule has 0 aliphatic heterocycles. The third kappa shape index (κ3) is 4.77. The van der Waals surface area contributed by atoms with Crippen LogP contribution in [0.4, 0.5) is 0 Å². The van der Waals surface area contributed by atoms with E-state index in [1.165, 1.54) is 12.8 Å². The Hall–Kier alpha value is -0.870. The summed E-state index contributed by atoms with van der Waals surface area (Å²) in [5, 5.41) is 7.25. The van der Waals surface area contributed by atoms with Crippen LogP contribution in [0, 0.1) is 0 Å². The fraction of sp³-hybridized carbons (Fsp3) is 0.750. The second-order valence-corrected chi connectivity index (χ2v) is 4.16. The molecule has 1 heterocycles. The molecule has 1 N–H and O–H groups in total. The molecule has 0 aliphatic rings. The van der Waals surface area contributed by atoms with Crippen LogP contribution in [0.25, 0.3) is 0 Å². The van der Waals surface area contributed by atoms with Crippen LogP contribution in [0.5, 0.6) is 0 Å². The summed E-state index contributed by atoms with van der Waals surface area (Å²) in [6.45, 7) is 7.99. The number of aromatic nitrogens is 1. The normalized spacial score (nSPS) is 11.2. The van der Waals surface area contributed by atoms with Gasteiger partial charge >= 0.3 is 0 Å². The SMILES string of the molecule is CCCCN(C)Cc1cc(CNCC)no1. The summed E-state index contributed by atoms with van der Waals surface area (Å²) in [7, 11) is 2.11. The number of nitrogens with zero attached hydrogens (tertiary/aromatic N) is 2. The highest BCUT2D eigenvalue weighted by molar-refractivity contribution is 5.04. The van der Waals surface area contributed by atoms with Crippen molar-refractivity contribution in [2.24, 2.45) is 0 Å². The van der Waals surface area contributed by atoms with Crippen LogP contribution < -0.4 is 5.32 Å². The summed E-state index contributed by atoms with van der Waals surface area (Å²) in [6, 6.07) is 2.03. The molecule has 0 radical (unpaired) electrons. The number of nitrogens with one attached hydrogen (secondary N) is 1. The topological polar surface area (TPSA) is 41.3 Å². The number of rotatable bonds is 8. The molecule has 0 bridgehead atoms. The van der Waals surface area contributed by atoms with Crippen molar-refractivity contribution in [2.45, 2.75) is 39.8 Å². The van der Waals surface area contributed by atoms with Gasteiger partial charge in [-0.3, -0.25) is 4.90 Å². The Morgan fingerprint density at radius 2 is 2.25 bits per heavy atom. The van der Waals surface area contributed by atoms with E-state index in [1.54, 1.807) is 0 Å². The van der Waals surface area contributed by atoms with Gasteiger partial charge in [0.25, 0.3) is 0 Å². The third-order valence-corrected chi connectivity index (χ3v) is 2.48. The average molecular weight is 225 g/mol. The van der Waals surface area contributed by atoms with Gasteiger partial charge < -0.3 is 9.84 Å². The Labute approximate surface area is 98.0 Å². The van der Waals surface area contributed by atoms with Crippen LogP contribution in [0.3, 0.4) is 0 Å². The maximum atomic E-state index is 5.28. The molecule has 0 saturated carbocycles. The predicted molar refractivity (Wildman–Crippen MR) is 65.1 cm³/mol. The monoisotopic (exact) mass is 225 g/mol. The number of hydrogen-bond acceptors (Lipinski definition) is 4. The number of hydrogen-bond donors (Lipinski definition) is 1. The van der Waals surface area contributed by atoms with Crippen molar-refractivity contribution in [3.8, 4) is 0 Å². The molecule has 0 aliphatic carbocycles. The van der Waals surface area contributed by atoms with E-state index >= 15 is 0 Å². The minimum atomic E-state index is 0.790. The van der Waals surface area contributed by atoms with Crippen LogP contribution in [0.1, 0.15) is 38.1 Å². The predicted octanol–water partition coefficient (Wildman–Crippen LogP) is 2.02. The lowest BCUT2D eigenvalue weighted by Gasteiger charge is -2.13. The van der Waals surface area contributed by atoms with Gasteiger partial charge in [-0.25, -0.2) is 0 Å². The maximum Gasteiger partial charge on any atom is 0.151 e. The van der Waals surface area contributed by atoms with Crippen molar-refractivity contribution in [3.63, 3.8) is 0 Å². The van der Waals surface area contributed by atoms with Crippen molar-refractivity contribution >= 4 is 0 Å². The van der Waals surface area contributed by atoms with Gasteiger partial charge in [0.1, 0.15) is 0 Å². The summed E-state index contributed by atoms with van der Waals surface area (Å²) >= 11 is 0. The molecule has 1 aromatic heterocycles. The molecular formula is C12H23N3O. The first-order valence-corrected chi connectivity index (χ1v) is 6.10. The lowest BCUT2D eigenvalue weighted by Crippen LogP contribution is -2.18. The fourth-order valence-electron chi connectivity index (χ4n) is 1.54. The summed E-state index contributed by atoms with van der Waals surface area (Å²) in [5.41, 5.74) is 0.987. The van der Waals surface area contributed by atoms with E-state index in [1.807, 2.05) is 6.07 Å². The van der Waals surface area contributed by atoms with Gasteiger partial charge in [-0.15, -0.1) is 0 Å². The van der Waals surface area contributed by atoms with Gasteiger partial charge in [-0.2, -0.15) is 0 Å². The van der Waals surface area contributed by atoms with Crippen molar-refractivity contribution < 1.29 is 4.52 Å². The van der Waals surface area contributed by atoms with Crippen LogP contribution in [0.15, 0.2) is 10.6 Å². The summed E-state index contributed by atoms with van der Waals surface area (Å²) < 4.78 is 5.28. The highest BCUT2D eigenvalue weighted by Crippen LogP contribution is 2.06. The second-order valence-electron chi connectivity index (χ2n) is 4.16.